The van der Waals surface area contributed by atoms with Crippen molar-refractivity contribution in [3.8, 4) is 5.69 Å². The Morgan fingerprint density at radius 3 is 2.40 bits per heavy atom. The van der Waals surface area contributed by atoms with Gasteiger partial charge in [-0.05, 0) is 50.6 Å². The SMILES string of the molecule is C=Cc1ccc(NC(=O)[NH2+]c2ccc(-n3cnc4c(N(C)C(=O)OC(C)(C)C)ncnc43)cc2)cc1C(F)(F)F. The van der Waals surface area contributed by atoms with Crippen LogP contribution in [0.5, 0.6) is 0 Å². The third-order valence-corrected chi connectivity index (χ3v) is 5.61. The summed E-state index contributed by atoms with van der Waals surface area (Å²) >= 11 is 0. The van der Waals surface area contributed by atoms with E-state index in [1.165, 1.54) is 42.1 Å². The Hall–Kier alpha value is -4.78. The summed E-state index contributed by atoms with van der Waals surface area (Å²) in [7, 11) is 1.53. The first-order valence-corrected chi connectivity index (χ1v) is 12.0. The zero-order valence-corrected chi connectivity index (χ0v) is 22.2. The Kier molecular flexibility index (Phi) is 7.60. The molecule has 10 nitrogen and oxygen atoms in total. The van der Waals surface area contributed by atoms with Crippen LogP contribution in [0.15, 0.2) is 61.7 Å². The summed E-state index contributed by atoms with van der Waals surface area (Å²) in [5.74, 6) is 0.273. The van der Waals surface area contributed by atoms with Crippen molar-refractivity contribution in [2.75, 3.05) is 17.3 Å². The van der Waals surface area contributed by atoms with E-state index in [4.69, 9.17) is 4.74 Å². The summed E-state index contributed by atoms with van der Waals surface area (Å²) in [5.41, 5.74) is 0.364. The highest BCUT2D eigenvalue weighted by atomic mass is 19.4. The Balaban J connectivity index is 1.50. The largest absolute Gasteiger partial charge is 0.443 e. The molecular formula is C27H27F3N7O3+. The van der Waals surface area contributed by atoms with E-state index < -0.39 is 29.5 Å². The molecule has 0 radical (unpaired) electrons. The molecule has 0 bridgehead atoms. The van der Waals surface area contributed by atoms with Gasteiger partial charge in [0.15, 0.2) is 17.0 Å². The number of fused-ring (bicyclic) bond motifs is 1. The smallest absolute Gasteiger partial charge is 0.422 e. The maximum Gasteiger partial charge on any atom is 0.422 e. The Labute approximate surface area is 227 Å². The van der Waals surface area contributed by atoms with Gasteiger partial charge in [-0.25, -0.2) is 29.9 Å². The number of carbonyl (C=O) groups excluding carboxylic acids is 2. The number of aromatic nitrogens is 4. The maximum atomic E-state index is 13.3. The van der Waals surface area contributed by atoms with Gasteiger partial charge >= 0.3 is 18.3 Å². The molecule has 2 aromatic carbocycles. The number of nitrogens with two attached hydrogens (primary N) is 1. The summed E-state index contributed by atoms with van der Waals surface area (Å²) in [6, 6.07) is 9.67. The Morgan fingerprint density at radius 2 is 1.77 bits per heavy atom. The van der Waals surface area contributed by atoms with Gasteiger partial charge < -0.3 is 4.74 Å². The minimum Gasteiger partial charge on any atom is -0.443 e. The lowest BCUT2D eigenvalue weighted by molar-refractivity contribution is -0.459. The normalized spacial score (nSPS) is 11.8. The number of nitrogens with one attached hydrogen (secondary N) is 1. The van der Waals surface area contributed by atoms with Gasteiger partial charge in [-0.1, -0.05) is 18.7 Å². The second-order valence-electron chi connectivity index (χ2n) is 9.75. The molecule has 0 atom stereocenters. The number of hydrogen-bond donors (Lipinski definition) is 2. The van der Waals surface area contributed by atoms with Gasteiger partial charge in [-0.3, -0.25) is 14.8 Å². The third-order valence-electron chi connectivity index (χ3n) is 5.61. The molecule has 4 rings (SSSR count). The van der Waals surface area contributed by atoms with Gasteiger partial charge in [0, 0.05) is 30.6 Å². The van der Waals surface area contributed by atoms with Crippen molar-refractivity contribution in [1.29, 1.82) is 0 Å². The van der Waals surface area contributed by atoms with Crippen molar-refractivity contribution in [1.82, 2.24) is 19.5 Å². The van der Waals surface area contributed by atoms with Crippen molar-refractivity contribution in [2.45, 2.75) is 32.5 Å². The van der Waals surface area contributed by atoms with E-state index >= 15 is 0 Å². The van der Waals surface area contributed by atoms with Crippen LogP contribution in [0.2, 0.25) is 0 Å². The highest BCUT2D eigenvalue weighted by Crippen LogP contribution is 2.34. The van der Waals surface area contributed by atoms with Crippen LogP contribution >= 0.6 is 0 Å². The van der Waals surface area contributed by atoms with E-state index in [1.54, 1.807) is 49.6 Å². The first-order chi connectivity index (χ1) is 18.8. The van der Waals surface area contributed by atoms with E-state index in [1.807, 2.05) is 0 Å². The fourth-order valence-electron chi connectivity index (χ4n) is 3.79. The summed E-state index contributed by atoms with van der Waals surface area (Å²) < 4.78 is 47.0. The number of benzene rings is 2. The maximum absolute atomic E-state index is 13.3. The van der Waals surface area contributed by atoms with Crippen LogP contribution in [0.3, 0.4) is 0 Å². The van der Waals surface area contributed by atoms with E-state index in [0.717, 1.165) is 12.1 Å². The molecule has 40 heavy (non-hydrogen) atoms. The lowest BCUT2D eigenvalue weighted by atomic mass is 10.1. The van der Waals surface area contributed by atoms with Gasteiger partial charge in [0.25, 0.3) is 0 Å². The number of amides is 3. The second kappa shape index (κ2) is 10.8. The zero-order chi connectivity index (χ0) is 29.2. The van der Waals surface area contributed by atoms with Gasteiger partial charge in [0.05, 0.1) is 5.56 Å². The van der Waals surface area contributed by atoms with E-state index in [-0.39, 0.29) is 17.1 Å². The predicted octanol–water partition coefficient (Wildman–Crippen LogP) is 5.28. The minimum absolute atomic E-state index is 0.00696. The number of anilines is 2. The topological polar surface area (TPSA) is 119 Å². The molecule has 0 aliphatic heterocycles. The number of halogens is 3. The standard InChI is InChI=1S/C27H26F3N7O3/c1-6-16-7-8-18(13-20(16)27(28,29)30)35-24(38)34-17-9-11-19(12-10-17)37-15-33-21-22(31-14-32-23(21)37)36(5)25(39)40-26(2,3)4/h6-15H,1H2,2-5H3,(H2,34,35,38)/p+1. The molecule has 3 amide bonds. The number of ether oxygens (including phenoxy) is 1. The number of imidazole rings is 1. The quantitative estimate of drug-likeness (QED) is 0.324. The van der Waals surface area contributed by atoms with Gasteiger partial charge in [0.2, 0.25) is 0 Å². The number of primary amides is 1. The molecule has 2 heterocycles. The first kappa shape index (κ1) is 28.2. The number of carbonyl (C=O) groups is 2. The minimum atomic E-state index is -4.59. The molecule has 0 unspecified atom stereocenters. The highest BCUT2D eigenvalue weighted by Gasteiger charge is 2.33. The molecule has 3 N–H and O–H groups in total. The predicted molar refractivity (Wildman–Crippen MR) is 143 cm³/mol. The average molecular weight is 555 g/mol. The summed E-state index contributed by atoms with van der Waals surface area (Å²) in [5, 5.41) is 3.72. The molecule has 0 fully saturated rings. The molecule has 0 aliphatic rings. The lowest BCUT2D eigenvalue weighted by Gasteiger charge is -2.24. The van der Waals surface area contributed by atoms with Crippen molar-refractivity contribution in [3.63, 3.8) is 0 Å². The van der Waals surface area contributed by atoms with Gasteiger partial charge in [-0.2, -0.15) is 13.2 Å². The molecule has 2 aromatic heterocycles. The molecule has 208 valence electrons. The lowest BCUT2D eigenvalue weighted by Crippen LogP contribution is -2.83. The molecule has 4 aromatic rings. The number of nitrogens with zero attached hydrogens (tertiary/aromatic N) is 5. The van der Waals surface area contributed by atoms with Crippen LogP contribution in [-0.4, -0.2) is 44.3 Å². The van der Waals surface area contributed by atoms with Crippen molar-refractivity contribution >= 4 is 46.6 Å². The van der Waals surface area contributed by atoms with E-state index in [0.29, 0.717) is 22.5 Å². The fourth-order valence-corrected chi connectivity index (χ4v) is 3.79. The second-order valence-corrected chi connectivity index (χ2v) is 9.75. The molecule has 0 aliphatic carbocycles. The van der Waals surface area contributed by atoms with Crippen LogP contribution in [0.25, 0.3) is 22.9 Å². The fraction of sp³-hybridized carbons (Fsp3) is 0.222. The number of urea groups is 1. The van der Waals surface area contributed by atoms with Crippen LogP contribution in [0.1, 0.15) is 31.9 Å². The van der Waals surface area contributed by atoms with Crippen LogP contribution in [0, 0.1) is 0 Å². The number of alkyl halides is 3. The summed E-state index contributed by atoms with van der Waals surface area (Å²) in [6.45, 7) is 8.68. The zero-order valence-electron chi connectivity index (χ0n) is 22.2. The summed E-state index contributed by atoms with van der Waals surface area (Å²) in [4.78, 5) is 39.1. The van der Waals surface area contributed by atoms with Gasteiger partial charge in [-0.15, -0.1) is 0 Å². The average Bonchev–Trinajstić information content (AvgIpc) is 3.31. The van der Waals surface area contributed by atoms with Crippen molar-refractivity contribution in [2.24, 2.45) is 0 Å². The highest BCUT2D eigenvalue weighted by molar-refractivity contribution is 5.95. The summed E-state index contributed by atoms with van der Waals surface area (Å²) in [6.07, 6.45) is -1.22. The van der Waals surface area contributed by atoms with Crippen LogP contribution in [-0.2, 0) is 10.9 Å². The molecule has 0 saturated heterocycles. The molecular weight excluding hydrogens is 527 g/mol. The van der Waals surface area contributed by atoms with E-state index in [9.17, 15) is 22.8 Å². The first-order valence-electron chi connectivity index (χ1n) is 12.0. The van der Waals surface area contributed by atoms with E-state index in [2.05, 4.69) is 26.8 Å². The van der Waals surface area contributed by atoms with Crippen molar-refractivity contribution < 1.29 is 32.8 Å². The molecule has 13 heteroatoms. The number of rotatable bonds is 5. The van der Waals surface area contributed by atoms with Crippen LogP contribution in [0.4, 0.5) is 40.0 Å². The molecule has 0 saturated carbocycles. The van der Waals surface area contributed by atoms with Gasteiger partial charge in [0.1, 0.15) is 23.9 Å². The monoisotopic (exact) mass is 554 g/mol. The van der Waals surface area contributed by atoms with Crippen LogP contribution < -0.4 is 15.5 Å². The Bertz CT molecular complexity index is 1580. The molecule has 0 spiro atoms. The number of hydrogen-bond acceptors (Lipinski definition) is 6. The third kappa shape index (κ3) is 6.26. The van der Waals surface area contributed by atoms with Crippen molar-refractivity contribution in [3.05, 3.63) is 72.8 Å². The number of quaternary nitrogens is 1. The Morgan fingerprint density at radius 1 is 1.07 bits per heavy atom.